The number of hydrogen-bond donors (Lipinski definition) is 1. The average molecular weight is 158 g/mol. The lowest BCUT2D eigenvalue weighted by molar-refractivity contribution is 1.08. The number of rotatable bonds is 0. The molecular weight excluding hydrogens is 148 g/mol. The van der Waals surface area contributed by atoms with Crippen molar-refractivity contribution in [3.63, 3.8) is 0 Å². The van der Waals surface area contributed by atoms with E-state index in [0.29, 0.717) is 0 Å². The molecule has 0 aromatic heterocycles. The first-order valence-corrected chi connectivity index (χ1v) is 3.92. The molecule has 2 N–H and O–H groups in total. The minimum Gasteiger partial charge on any atom is -0.398 e. The van der Waals surface area contributed by atoms with Crippen molar-refractivity contribution in [2.24, 2.45) is 4.99 Å². The van der Waals surface area contributed by atoms with Crippen molar-refractivity contribution in [3.8, 4) is 0 Å². The number of nitrogens with zero attached hydrogens (tertiary/aromatic N) is 1. The number of benzene rings is 1. The molecule has 12 heavy (non-hydrogen) atoms. The molecule has 0 spiro atoms. The monoisotopic (exact) mass is 158 g/mol. The van der Waals surface area contributed by atoms with Crippen LogP contribution in [0, 0.1) is 0 Å². The molecule has 60 valence electrons. The summed E-state index contributed by atoms with van der Waals surface area (Å²) >= 11 is 0. The third-order valence-electron chi connectivity index (χ3n) is 1.95. The van der Waals surface area contributed by atoms with Crippen LogP contribution in [0.5, 0.6) is 0 Å². The van der Waals surface area contributed by atoms with Gasteiger partial charge in [0.2, 0.25) is 0 Å². The van der Waals surface area contributed by atoms with Crippen LogP contribution in [0.4, 0.5) is 5.69 Å². The lowest BCUT2D eigenvalue weighted by Crippen LogP contribution is -1.93. The molecule has 0 saturated carbocycles. The zero-order valence-electron chi connectivity index (χ0n) is 6.70. The molecule has 0 fully saturated rings. The van der Waals surface area contributed by atoms with Crippen LogP contribution in [-0.4, -0.2) is 6.21 Å². The summed E-state index contributed by atoms with van der Waals surface area (Å²) in [6, 6.07) is 5.93. The molecule has 1 aliphatic heterocycles. The van der Waals surface area contributed by atoms with Crippen LogP contribution < -0.4 is 5.73 Å². The summed E-state index contributed by atoms with van der Waals surface area (Å²) in [4.78, 5) is 4.19. The minimum atomic E-state index is 0.730. The Hall–Kier alpha value is -1.57. The van der Waals surface area contributed by atoms with E-state index in [1.807, 2.05) is 24.3 Å². The Morgan fingerprint density at radius 1 is 1.33 bits per heavy atom. The van der Waals surface area contributed by atoms with Gasteiger partial charge in [-0.1, -0.05) is 18.2 Å². The van der Waals surface area contributed by atoms with Gasteiger partial charge in [-0.25, -0.2) is 0 Å². The van der Waals surface area contributed by atoms with Gasteiger partial charge in [-0.15, -0.1) is 0 Å². The van der Waals surface area contributed by atoms with E-state index in [0.717, 1.165) is 17.8 Å². The molecule has 0 saturated heterocycles. The zero-order valence-corrected chi connectivity index (χ0v) is 6.70. The van der Waals surface area contributed by atoms with Crippen molar-refractivity contribution < 1.29 is 0 Å². The van der Waals surface area contributed by atoms with Crippen LogP contribution in [0.15, 0.2) is 29.3 Å². The normalized spacial score (nSPS) is 14.0. The molecule has 2 rings (SSSR count). The summed E-state index contributed by atoms with van der Waals surface area (Å²) in [5.74, 6) is 0. The first-order valence-electron chi connectivity index (χ1n) is 3.92. The molecule has 2 heteroatoms. The topological polar surface area (TPSA) is 38.4 Å². The molecule has 1 aliphatic rings. The predicted molar refractivity (Wildman–Crippen MR) is 52.1 cm³/mol. The highest BCUT2D eigenvalue weighted by Gasteiger charge is 2.02. The van der Waals surface area contributed by atoms with Crippen LogP contribution in [0.25, 0.3) is 6.08 Å². The highest BCUT2D eigenvalue weighted by Crippen LogP contribution is 2.20. The lowest BCUT2D eigenvalue weighted by atomic mass is 10.1. The summed E-state index contributed by atoms with van der Waals surface area (Å²) in [7, 11) is 0. The van der Waals surface area contributed by atoms with Crippen LogP contribution in [0.1, 0.15) is 11.1 Å². The van der Waals surface area contributed by atoms with Crippen molar-refractivity contribution in [3.05, 3.63) is 35.4 Å². The molecule has 1 aromatic rings. The number of nitrogens with two attached hydrogens (primary N) is 1. The highest BCUT2D eigenvalue weighted by atomic mass is 14.7. The number of aliphatic imine (C=N–C) groups is 1. The fraction of sp³-hybridized carbons (Fsp3) is 0.100. The van der Waals surface area contributed by atoms with Gasteiger partial charge in [-0.05, 0) is 17.7 Å². The highest BCUT2D eigenvalue weighted by molar-refractivity contribution is 5.83. The Morgan fingerprint density at radius 3 is 3.17 bits per heavy atom. The maximum Gasteiger partial charge on any atom is 0.0646 e. The fourth-order valence-electron chi connectivity index (χ4n) is 1.33. The summed E-state index contributed by atoms with van der Waals surface area (Å²) in [5.41, 5.74) is 8.93. The van der Waals surface area contributed by atoms with Crippen LogP contribution >= 0.6 is 0 Å². The van der Waals surface area contributed by atoms with Gasteiger partial charge in [-0.3, -0.25) is 4.99 Å². The molecule has 0 atom stereocenters. The first-order chi connectivity index (χ1) is 5.88. The summed E-state index contributed by atoms with van der Waals surface area (Å²) in [5, 5.41) is 0. The largest absolute Gasteiger partial charge is 0.398 e. The predicted octanol–water partition coefficient (Wildman–Crippen LogP) is 1.87. The van der Waals surface area contributed by atoms with Gasteiger partial charge in [0.15, 0.2) is 0 Å². The van der Waals surface area contributed by atoms with Crippen LogP contribution in [0.3, 0.4) is 0 Å². The lowest BCUT2D eigenvalue weighted by Gasteiger charge is -2.04. The fourth-order valence-corrected chi connectivity index (χ4v) is 1.33. The zero-order chi connectivity index (χ0) is 8.39. The number of anilines is 1. The van der Waals surface area contributed by atoms with Crippen molar-refractivity contribution in [2.75, 3.05) is 5.73 Å². The maximum atomic E-state index is 5.80. The number of hydrogen-bond acceptors (Lipinski definition) is 2. The molecule has 0 radical (unpaired) electrons. The van der Waals surface area contributed by atoms with E-state index in [2.05, 4.69) is 11.1 Å². The molecule has 0 unspecified atom stereocenters. The second-order valence-electron chi connectivity index (χ2n) is 2.77. The Bertz CT molecular complexity index is 351. The van der Waals surface area contributed by atoms with Crippen molar-refractivity contribution in [1.82, 2.24) is 0 Å². The molecular formula is C10H10N2. The van der Waals surface area contributed by atoms with E-state index in [9.17, 15) is 0 Å². The standard InChI is InChI=1S/C10H10N2/c11-10-5-1-3-8-7-12-6-2-4-9(8)10/h1-6H,7,11H2. The smallest absolute Gasteiger partial charge is 0.0646 e. The van der Waals surface area contributed by atoms with Crippen molar-refractivity contribution in [1.29, 1.82) is 0 Å². The molecule has 0 aliphatic carbocycles. The van der Waals surface area contributed by atoms with E-state index >= 15 is 0 Å². The van der Waals surface area contributed by atoms with E-state index in [-0.39, 0.29) is 0 Å². The first kappa shape index (κ1) is 7.10. The van der Waals surface area contributed by atoms with E-state index in [1.54, 1.807) is 6.21 Å². The summed E-state index contributed by atoms with van der Waals surface area (Å²) in [6.45, 7) is 0.730. The van der Waals surface area contributed by atoms with Gasteiger partial charge in [0, 0.05) is 17.5 Å². The third kappa shape index (κ3) is 1.11. The maximum absolute atomic E-state index is 5.80. The van der Waals surface area contributed by atoms with E-state index in [4.69, 9.17) is 5.73 Å². The van der Waals surface area contributed by atoms with Gasteiger partial charge in [0.05, 0.1) is 6.54 Å². The second kappa shape index (κ2) is 2.81. The summed E-state index contributed by atoms with van der Waals surface area (Å²) in [6.07, 6.45) is 5.72. The quantitative estimate of drug-likeness (QED) is 0.575. The SMILES string of the molecule is Nc1cccc2c1C=CC=NC2. The van der Waals surface area contributed by atoms with Crippen LogP contribution in [-0.2, 0) is 6.54 Å². The van der Waals surface area contributed by atoms with Gasteiger partial charge in [0.1, 0.15) is 0 Å². The Labute approximate surface area is 71.4 Å². The molecule has 1 heterocycles. The molecule has 0 amide bonds. The Kier molecular flexibility index (Phi) is 1.67. The summed E-state index contributed by atoms with van der Waals surface area (Å²) < 4.78 is 0. The van der Waals surface area contributed by atoms with Crippen molar-refractivity contribution >= 4 is 18.0 Å². The van der Waals surface area contributed by atoms with Gasteiger partial charge >= 0.3 is 0 Å². The Morgan fingerprint density at radius 2 is 2.25 bits per heavy atom. The molecule has 1 aromatic carbocycles. The number of nitrogen functional groups attached to an aromatic ring is 1. The second-order valence-corrected chi connectivity index (χ2v) is 2.77. The third-order valence-corrected chi connectivity index (χ3v) is 1.95. The van der Waals surface area contributed by atoms with E-state index in [1.165, 1.54) is 5.56 Å². The average Bonchev–Trinajstić information content (AvgIpc) is 2.30. The van der Waals surface area contributed by atoms with Crippen LogP contribution in [0.2, 0.25) is 0 Å². The molecule has 2 nitrogen and oxygen atoms in total. The number of fused-ring (bicyclic) bond motifs is 1. The van der Waals surface area contributed by atoms with E-state index < -0.39 is 0 Å². The van der Waals surface area contributed by atoms with Gasteiger partial charge in [-0.2, -0.15) is 0 Å². The van der Waals surface area contributed by atoms with Gasteiger partial charge in [0.25, 0.3) is 0 Å². The Balaban J connectivity index is 2.59. The minimum absolute atomic E-state index is 0.730. The molecule has 0 bridgehead atoms. The van der Waals surface area contributed by atoms with Gasteiger partial charge < -0.3 is 5.73 Å². The van der Waals surface area contributed by atoms with Crippen molar-refractivity contribution in [2.45, 2.75) is 6.54 Å². The number of allylic oxidation sites excluding steroid dienone is 1.